The van der Waals surface area contributed by atoms with E-state index in [1.54, 1.807) is 5.56 Å². The molecule has 1 fully saturated rings. The summed E-state index contributed by atoms with van der Waals surface area (Å²) in [7, 11) is -1.58. The number of benzene rings is 11. The molecule has 2 heteroatoms. The first-order valence-corrected chi connectivity index (χ1v) is 27.3. The summed E-state index contributed by atoms with van der Waals surface area (Å²) in [6, 6.07) is 88.8. The van der Waals surface area contributed by atoms with E-state index in [9.17, 15) is 0 Å². The van der Waals surface area contributed by atoms with Gasteiger partial charge in [-0.05, 0) is 128 Å². The van der Waals surface area contributed by atoms with E-state index >= 15 is 0 Å². The van der Waals surface area contributed by atoms with Crippen LogP contribution in [0.3, 0.4) is 0 Å². The van der Waals surface area contributed by atoms with E-state index in [1.165, 1.54) is 150 Å². The van der Waals surface area contributed by atoms with Crippen LogP contribution < -0.4 is 0 Å². The third-order valence-electron chi connectivity index (χ3n) is 16.0. The highest BCUT2D eigenvalue weighted by Crippen LogP contribution is 2.63. The van der Waals surface area contributed by atoms with E-state index in [4.69, 9.17) is 0 Å². The number of rotatable bonds is 5. The second-order valence-corrected chi connectivity index (χ2v) is 23.6. The summed E-state index contributed by atoms with van der Waals surface area (Å²) in [5.41, 5.74) is 14.0. The van der Waals surface area contributed by atoms with Crippen molar-refractivity contribution in [2.24, 2.45) is 0 Å². The fourth-order valence-corrected chi connectivity index (χ4v) is 18.9. The highest BCUT2D eigenvalue weighted by atomic mass is 31.1. The van der Waals surface area contributed by atoms with Gasteiger partial charge in [0.2, 0.25) is 0 Å². The van der Waals surface area contributed by atoms with E-state index in [2.05, 4.69) is 231 Å². The van der Waals surface area contributed by atoms with Crippen LogP contribution in [0.4, 0.5) is 0 Å². The highest BCUT2D eigenvalue weighted by Gasteiger charge is 2.46. The SMILES string of the molecule is c1ccc(-p2c3ccccc3c3cccc(-c4cccc5c(-c6cccc7c6C6(CCCC6)c6ccccc6-7)c6cccc(-c7cccc8c9ccccc9p(-c9ccccc9)c78)c6cc45)c32)cc1. The third-order valence-corrected chi connectivity index (χ3v) is 21.3. The molecule has 2 unspecified atom stereocenters. The average molecular weight is 913 g/mol. The molecule has 2 aliphatic carbocycles. The lowest BCUT2D eigenvalue weighted by Crippen LogP contribution is -2.21. The maximum Gasteiger partial charge on any atom is 0.0221 e. The minimum atomic E-state index is -0.792. The maximum absolute atomic E-state index is 2.60. The molecule has 0 N–H and O–H groups in total. The van der Waals surface area contributed by atoms with Gasteiger partial charge in [-0.1, -0.05) is 252 Å². The predicted octanol–water partition coefficient (Wildman–Crippen LogP) is 20.4. The van der Waals surface area contributed by atoms with Crippen LogP contribution in [0, 0.1) is 0 Å². The zero-order valence-electron chi connectivity index (χ0n) is 38.2. The summed E-state index contributed by atoms with van der Waals surface area (Å²) in [6.45, 7) is 0. The van der Waals surface area contributed by atoms with Gasteiger partial charge in [0.05, 0.1) is 0 Å². The lowest BCUT2D eigenvalue weighted by molar-refractivity contribution is 0.551. The van der Waals surface area contributed by atoms with Crippen molar-refractivity contribution >= 4 is 78.6 Å². The molecule has 324 valence electrons. The molecule has 2 aromatic heterocycles. The maximum atomic E-state index is 2.60. The molecule has 69 heavy (non-hydrogen) atoms. The van der Waals surface area contributed by atoms with Crippen molar-refractivity contribution in [2.75, 3.05) is 0 Å². The normalized spacial score (nSPS) is 14.5. The van der Waals surface area contributed by atoms with Crippen molar-refractivity contribution in [1.29, 1.82) is 0 Å². The summed E-state index contributed by atoms with van der Waals surface area (Å²) in [5, 5.41) is 19.4. The van der Waals surface area contributed by atoms with E-state index in [-0.39, 0.29) is 5.41 Å². The second-order valence-electron chi connectivity index (χ2n) is 19.4. The molecule has 11 aromatic carbocycles. The Morgan fingerprint density at radius 3 is 1.26 bits per heavy atom. The molecule has 0 saturated heterocycles. The molecule has 2 heterocycles. The first-order valence-electron chi connectivity index (χ1n) is 24.6. The van der Waals surface area contributed by atoms with Crippen LogP contribution in [-0.2, 0) is 5.41 Å². The Hall–Kier alpha value is -7.46. The Morgan fingerprint density at radius 1 is 0.290 bits per heavy atom. The summed E-state index contributed by atoms with van der Waals surface area (Å²) < 4.78 is 0. The van der Waals surface area contributed by atoms with Crippen LogP contribution in [0.25, 0.3) is 119 Å². The topological polar surface area (TPSA) is 0 Å². The first-order chi connectivity index (χ1) is 34.3. The minimum absolute atomic E-state index is 0.00131. The molecule has 0 bridgehead atoms. The fourth-order valence-electron chi connectivity index (χ4n) is 13.4. The van der Waals surface area contributed by atoms with Gasteiger partial charge in [0.15, 0.2) is 0 Å². The Kier molecular flexibility index (Phi) is 8.75. The predicted molar refractivity (Wildman–Crippen MR) is 301 cm³/mol. The molecule has 0 aliphatic heterocycles. The lowest BCUT2D eigenvalue weighted by atomic mass is 9.73. The number of hydrogen-bond acceptors (Lipinski definition) is 0. The lowest BCUT2D eigenvalue weighted by Gasteiger charge is -2.30. The van der Waals surface area contributed by atoms with Crippen LogP contribution in [0.1, 0.15) is 36.8 Å². The van der Waals surface area contributed by atoms with Crippen molar-refractivity contribution < 1.29 is 0 Å². The van der Waals surface area contributed by atoms with Crippen LogP contribution >= 0.6 is 15.1 Å². The van der Waals surface area contributed by atoms with Gasteiger partial charge in [0.1, 0.15) is 0 Å². The molecule has 0 radical (unpaired) electrons. The van der Waals surface area contributed by atoms with Gasteiger partial charge in [0, 0.05) is 25.9 Å². The van der Waals surface area contributed by atoms with Crippen LogP contribution in [0.15, 0.2) is 231 Å². The van der Waals surface area contributed by atoms with Crippen molar-refractivity contribution in [3.63, 3.8) is 0 Å². The number of fused-ring (bicyclic) bond motifs is 13. The monoisotopic (exact) mass is 912 g/mol. The van der Waals surface area contributed by atoms with E-state index in [0.29, 0.717) is 0 Å². The van der Waals surface area contributed by atoms with Crippen LogP contribution in [0.2, 0.25) is 0 Å². The van der Waals surface area contributed by atoms with Gasteiger partial charge in [-0.2, -0.15) is 0 Å². The average Bonchev–Trinajstić information content (AvgIpc) is 4.19. The standard InChI is InChI=1S/C67H46P2/c1-3-20-43(21-4-1)68-61-38-11-8-25-48(61)55-34-18-32-53(65(55)68)45-27-15-29-50-58(45)42-59-46(54-33-19-35-56-49-26-9-12-39-62(49)69(66(54)56)44-22-5-2-6-23-44)28-16-30-51(59)63(50)57-36-17-31-52-47-24-7-10-37-60(47)67(64(52)57)40-13-14-41-67/h1-12,15-39,42H,13-14,40-41H2. The molecule has 1 spiro atoms. The van der Waals surface area contributed by atoms with Gasteiger partial charge >= 0.3 is 0 Å². The second kappa shape index (κ2) is 15.3. The Morgan fingerprint density at radius 2 is 0.696 bits per heavy atom. The van der Waals surface area contributed by atoms with Gasteiger partial charge in [-0.15, -0.1) is 0 Å². The molecule has 15 rings (SSSR count). The molecule has 2 atom stereocenters. The van der Waals surface area contributed by atoms with Gasteiger partial charge in [0.25, 0.3) is 0 Å². The summed E-state index contributed by atoms with van der Waals surface area (Å²) >= 11 is 0. The van der Waals surface area contributed by atoms with Crippen molar-refractivity contribution in [2.45, 2.75) is 31.1 Å². The highest BCUT2D eigenvalue weighted by molar-refractivity contribution is 7.68. The Labute approximate surface area is 404 Å². The molecule has 1 saturated carbocycles. The molecule has 13 aromatic rings. The fraction of sp³-hybridized carbons (Fsp3) is 0.0746. The van der Waals surface area contributed by atoms with Crippen LogP contribution in [-0.4, -0.2) is 0 Å². The van der Waals surface area contributed by atoms with E-state index in [0.717, 1.165) is 0 Å². The molecule has 0 nitrogen and oxygen atoms in total. The zero-order valence-corrected chi connectivity index (χ0v) is 40.0. The van der Waals surface area contributed by atoms with E-state index in [1.807, 2.05) is 0 Å². The van der Waals surface area contributed by atoms with E-state index < -0.39 is 15.1 Å². The molecular formula is C67H46P2. The zero-order chi connectivity index (χ0) is 45.2. The summed E-state index contributed by atoms with van der Waals surface area (Å²) in [4.78, 5) is 0. The molecule has 0 amide bonds. The molecule has 2 aliphatic rings. The Bertz CT molecular complexity index is 4020. The largest absolute Gasteiger partial charge is 0.0766 e. The van der Waals surface area contributed by atoms with Crippen molar-refractivity contribution in [3.8, 4) is 55.1 Å². The number of hydrogen-bond donors (Lipinski definition) is 0. The minimum Gasteiger partial charge on any atom is -0.0766 e. The quantitative estimate of drug-likeness (QED) is 0.151. The van der Waals surface area contributed by atoms with Crippen LogP contribution in [0.5, 0.6) is 0 Å². The summed E-state index contributed by atoms with van der Waals surface area (Å²) in [5.74, 6) is 0. The smallest absolute Gasteiger partial charge is 0.0221 e. The third kappa shape index (κ3) is 5.60. The van der Waals surface area contributed by atoms with Gasteiger partial charge in [-0.25, -0.2) is 0 Å². The Balaban J connectivity index is 1.11. The summed E-state index contributed by atoms with van der Waals surface area (Å²) in [6.07, 6.45) is 4.88. The van der Waals surface area contributed by atoms with Gasteiger partial charge < -0.3 is 0 Å². The van der Waals surface area contributed by atoms with Gasteiger partial charge in [-0.3, -0.25) is 0 Å². The van der Waals surface area contributed by atoms with Crippen molar-refractivity contribution in [1.82, 2.24) is 0 Å². The van der Waals surface area contributed by atoms with Crippen molar-refractivity contribution in [3.05, 3.63) is 242 Å². The first kappa shape index (κ1) is 39.5. The molecular weight excluding hydrogens is 867 g/mol.